The highest BCUT2D eigenvalue weighted by Gasteiger charge is 2.17. The second kappa shape index (κ2) is 3.03. The molecule has 2 rings (SSSR count). The van der Waals surface area contributed by atoms with Crippen molar-refractivity contribution in [2.45, 2.75) is 0 Å². The summed E-state index contributed by atoms with van der Waals surface area (Å²) >= 11 is 0. The third kappa shape index (κ3) is 1.42. The third-order valence-corrected chi connectivity index (χ3v) is 1.67. The van der Waals surface area contributed by atoms with Crippen LogP contribution in [-0.2, 0) is 4.74 Å². The van der Waals surface area contributed by atoms with Crippen molar-refractivity contribution in [1.82, 2.24) is 5.32 Å². The molecule has 0 saturated carbocycles. The van der Waals surface area contributed by atoms with Crippen LogP contribution < -0.4 is 5.32 Å². The molecule has 1 aliphatic heterocycles. The molecule has 0 aromatic heterocycles. The standard InChI is InChI=1S/C9H10NO/c1-2-4-8(5-3-1)9-10-6-7-11-9/h1-5,10H,6-7H2. The van der Waals surface area contributed by atoms with Gasteiger partial charge >= 0.3 is 0 Å². The quantitative estimate of drug-likeness (QED) is 0.645. The van der Waals surface area contributed by atoms with E-state index in [4.69, 9.17) is 4.74 Å². The van der Waals surface area contributed by atoms with Crippen LogP contribution in [0.15, 0.2) is 30.3 Å². The summed E-state index contributed by atoms with van der Waals surface area (Å²) in [4.78, 5) is 0. The van der Waals surface area contributed by atoms with E-state index in [1.165, 1.54) is 0 Å². The van der Waals surface area contributed by atoms with E-state index >= 15 is 0 Å². The molecule has 0 amide bonds. The molecule has 1 saturated heterocycles. The van der Waals surface area contributed by atoms with Crippen molar-refractivity contribution in [2.24, 2.45) is 0 Å². The maximum atomic E-state index is 5.34. The van der Waals surface area contributed by atoms with Crippen LogP contribution >= 0.6 is 0 Å². The number of hydrogen-bond acceptors (Lipinski definition) is 2. The summed E-state index contributed by atoms with van der Waals surface area (Å²) in [6.07, 6.45) is 0.908. The van der Waals surface area contributed by atoms with Crippen LogP contribution in [-0.4, -0.2) is 13.2 Å². The van der Waals surface area contributed by atoms with Gasteiger partial charge in [0.25, 0.3) is 0 Å². The lowest BCUT2D eigenvalue weighted by Gasteiger charge is -2.06. The molecule has 1 aromatic rings. The van der Waals surface area contributed by atoms with Crippen molar-refractivity contribution < 1.29 is 4.74 Å². The van der Waals surface area contributed by atoms with Crippen LogP contribution in [0.5, 0.6) is 0 Å². The molecule has 0 aliphatic carbocycles. The van der Waals surface area contributed by atoms with E-state index in [-0.39, 0.29) is 0 Å². The predicted molar refractivity (Wildman–Crippen MR) is 42.7 cm³/mol. The second-order valence-corrected chi connectivity index (χ2v) is 2.47. The van der Waals surface area contributed by atoms with Crippen molar-refractivity contribution in [2.75, 3.05) is 13.2 Å². The van der Waals surface area contributed by atoms with Crippen LogP contribution in [0.25, 0.3) is 0 Å². The Morgan fingerprint density at radius 3 is 2.64 bits per heavy atom. The maximum absolute atomic E-state index is 5.34. The van der Waals surface area contributed by atoms with Gasteiger partial charge < -0.3 is 4.74 Å². The molecule has 57 valence electrons. The van der Waals surface area contributed by atoms with Gasteiger partial charge in [-0.15, -0.1) is 0 Å². The molecule has 1 aromatic carbocycles. The van der Waals surface area contributed by atoms with E-state index in [1.54, 1.807) is 0 Å². The molecule has 11 heavy (non-hydrogen) atoms. The Balaban J connectivity index is 2.16. The van der Waals surface area contributed by atoms with E-state index < -0.39 is 0 Å². The van der Waals surface area contributed by atoms with Gasteiger partial charge in [0.15, 0.2) is 6.23 Å². The summed E-state index contributed by atoms with van der Waals surface area (Å²) < 4.78 is 5.34. The first-order valence-electron chi connectivity index (χ1n) is 3.76. The minimum Gasteiger partial charge on any atom is -0.350 e. The predicted octanol–water partition coefficient (Wildman–Crippen LogP) is 1.14. The Morgan fingerprint density at radius 1 is 1.18 bits per heavy atom. The first-order valence-corrected chi connectivity index (χ1v) is 3.76. The first kappa shape index (κ1) is 6.83. The number of rotatable bonds is 1. The van der Waals surface area contributed by atoms with Crippen molar-refractivity contribution in [3.05, 3.63) is 42.1 Å². The van der Waals surface area contributed by atoms with E-state index in [2.05, 4.69) is 5.32 Å². The Hall–Kier alpha value is -0.860. The molecule has 0 bridgehead atoms. The first-order chi connectivity index (χ1) is 5.47. The fraction of sp³-hybridized carbons (Fsp3) is 0.222. The lowest BCUT2D eigenvalue weighted by Crippen LogP contribution is -2.14. The average molecular weight is 148 g/mol. The summed E-state index contributed by atoms with van der Waals surface area (Å²) in [5.74, 6) is 0. The van der Waals surface area contributed by atoms with Gasteiger partial charge in [-0.05, 0) is 0 Å². The van der Waals surface area contributed by atoms with Crippen LogP contribution in [0.3, 0.4) is 0 Å². The maximum Gasteiger partial charge on any atom is 0.192 e. The molecule has 0 atom stereocenters. The van der Waals surface area contributed by atoms with Crippen LogP contribution in [0.1, 0.15) is 5.56 Å². The SMILES string of the molecule is c1ccc([C]2NCCO2)cc1. The minimum absolute atomic E-state index is 0.782. The molecule has 1 N–H and O–H groups in total. The molecular weight excluding hydrogens is 138 g/mol. The monoisotopic (exact) mass is 148 g/mol. The lowest BCUT2D eigenvalue weighted by atomic mass is 10.2. The minimum atomic E-state index is 0.782. The number of nitrogens with one attached hydrogen (secondary N) is 1. The van der Waals surface area contributed by atoms with Gasteiger partial charge in [0, 0.05) is 12.1 Å². The van der Waals surface area contributed by atoms with Crippen molar-refractivity contribution in [3.63, 3.8) is 0 Å². The van der Waals surface area contributed by atoms with E-state index in [9.17, 15) is 0 Å². The molecule has 0 unspecified atom stereocenters. The van der Waals surface area contributed by atoms with Gasteiger partial charge in [-0.1, -0.05) is 30.3 Å². The number of ether oxygens (including phenoxy) is 1. The van der Waals surface area contributed by atoms with E-state index in [0.717, 1.165) is 24.9 Å². The van der Waals surface area contributed by atoms with E-state index in [0.29, 0.717) is 0 Å². The van der Waals surface area contributed by atoms with E-state index in [1.807, 2.05) is 30.3 Å². The van der Waals surface area contributed by atoms with Crippen molar-refractivity contribution in [3.8, 4) is 0 Å². The zero-order chi connectivity index (χ0) is 7.52. The molecule has 2 heteroatoms. The summed E-state index contributed by atoms with van der Waals surface area (Å²) in [7, 11) is 0. The molecule has 1 radical (unpaired) electrons. The highest BCUT2D eigenvalue weighted by atomic mass is 16.5. The smallest absolute Gasteiger partial charge is 0.192 e. The molecular formula is C9H10NO. The average Bonchev–Trinajstić information content (AvgIpc) is 2.58. The van der Waals surface area contributed by atoms with Crippen LogP contribution in [0, 0.1) is 6.23 Å². The van der Waals surface area contributed by atoms with Gasteiger partial charge in [0.1, 0.15) is 0 Å². The molecule has 1 fully saturated rings. The number of hydrogen-bond donors (Lipinski definition) is 1. The fourth-order valence-corrected chi connectivity index (χ4v) is 1.14. The summed E-state index contributed by atoms with van der Waals surface area (Å²) in [6.45, 7) is 1.70. The summed E-state index contributed by atoms with van der Waals surface area (Å²) in [6, 6.07) is 10.1. The molecule has 1 aliphatic rings. The van der Waals surface area contributed by atoms with Crippen LogP contribution in [0.4, 0.5) is 0 Å². The largest absolute Gasteiger partial charge is 0.350 e. The summed E-state index contributed by atoms with van der Waals surface area (Å²) in [5.41, 5.74) is 1.13. The Bertz CT molecular complexity index is 216. The van der Waals surface area contributed by atoms with Gasteiger partial charge in [0.05, 0.1) is 6.61 Å². The van der Waals surface area contributed by atoms with Crippen LogP contribution in [0.2, 0.25) is 0 Å². The molecule has 0 spiro atoms. The zero-order valence-corrected chi connectivity index (χ0v) is 6.21. The van der Waals surface area contributed by atoms with Crippen molar-refractivity contribution >= 4 is 0 Å². The third-order valence-electron chi connectivity index (χ3n) is 1.67. The van der Waals surface area contributed by atoms with Gasteiger partial charge in [-0.2, -0.15) is 0 Å². The highest BCUT2D eigenvalue weighted by molar-refractivity contribution is 5.26. The molecule has 2 nitrogen and oxygen atoms in total. The van der Waals surface area contributed by atoms with Crippen molar-refractivity contribution in [1.29, 1.82) is 0 Å². The Kier molecular flexibility index (Phi) is 1.88. The molecule has 1 heterocycles. The number of benzene rings is 1. The Morgan fingerprint density at radius 2 is 2.00 bits per heavy atom. The van der Waals surface area contributed by atoms with Gasteiger partial charge in [0.2, 0.25) is 0 Å². The topological polar surface area (TPSA) is 21.3 Å². The normalized spacial score (nSPS) is 18.9. The Labute approximate surface area is 66.2 Å². The zero-order valence-electron chi connectivity index (χ0n) is 6.21. The second-order valence-electron chi connectivity index (χ2n) is 2.47. The fourth-order valence-electron chi connectivity index (χ4n) is 1.14. The highest BCUT2D eigenvalue weighted by Crippen LogP contribution is 2.15. The summed E-state index contributed by atoms with van der Waals surface area (Å²) in [5, 5.41) is 3.17. The lowest BCUT2D eigenvalue weighted by molar-refractivity contribution is 0.214. The van der Waals surface area contributed by atoms with Gasteiger partial charge in [-0.25, -0.2) is 0 Å². The van der Waals surface area contributed by atoms with Gasteiger partial charge in [-0.3, -0.25) is 5.32 Å².